The van der Waals surface area contributed by atoms with Crippen molar-refractivity contribution in [1.82, 2.24) is 4.98 Å². The Morgan fingerprint density at radius 2 is 1.53 bits per heavy atom. The topological polar surface area (TPSA) is 115 Å². The number of hydrogen-bond donors (Lipinski definition) is 3. The first-order valence-corrected chi connectivity index (χ1v) is 9.72. The summed E-state index contributed by atoms with van der Waals surface area (Å²) in [5.41, 5.74) is 18.8. The van der Waals surface area contributed by atoms with Gasteiger partial charge in [-0.3, -0.25) is 0 Å². The number of anilines is 1. The Labute approximate surface area is 192 Å². The van der Waals surface area contributed by atoms with E-state index >= 15 is 0 Å². The van der Waals surface area contributed by atoms with Gasteiger partial charge in [-0.25, -0.2) is 10.4 Å². The lowest BCUT2D eigenvalue weighted by Gasteiger charge is -2.02. The molecule has 0 aliphatic rings. The molecule has 162 valence electrons. The van der Waals surface area contributed by atoms with E-state index in [-0.39, 0.29) is 18.4 Å². The van der Waals surface area contributed by atoms with Gasteiger partial charge in [0.15, 0.2) is 11.7 Å². The minimum atomic E-state index is 0. The summed E-state index contributed by atoms with van der Waals surface area (Å²) in [6.07, 6.45) is 0. The van der Waals surface area contributed by atoms with Gasteiger partial charge < -0.3 is 15.9 Å². The van der Waals surface area contributed by atoms with E-state index in [0.717, 1.165) is 28.1 Å². The van der Waals surface area contributed by atoms with Gasteiger partial charge in [0.1, 0.15) is 5.69 Å². The third kappa shape index (κ3) is 5.33. The number of aromatic nitrogens is 1. The van der Waals surface area contributed by atoms with Crippen molar-refractivity contribution < 1.29 is 4.42 Å². The second kappa shape index (κ2) is 10.3. The third-order valence-electron chi connectivity index (χ3n) is 4.55. The van der Waals surface area contributed by atoms with Crippen LogP contribution in [-0.2, 0) is 0 Å². The molecule has 0 saturated heterocycles. The van der Waals surface area contributed by atoms with E-state index < -0.39 is 0 Å². The molecule has 0 spiro atoms. The minimum Gasteiger partial charge on any atom is -0.422 e. The SMILES string of the molecule is CC(=NNc1nc(-c2ccccc2)c(-c2ccccc2)o1)c1cccc(N=C(N)N)c1.Cl. The minimum absolute atomic E-state index is 0. The standard InChI is InChI=1S/C24H22N6O.ClH/c1-16(19-13-8-14-20(15-19)27-23(25)26)29-30-24-28-21(17-9-4-2-5-10-17)22(31-24)18-11-6-3-7-12-18;/h2-15H,1H3,(H,28,30)(H4,25,26,27);1H. The molecular weight excluding hydrogens is 424 g/mol. The molecule has 5 N–H and O–H groups in total. The molecule has 0 bridgehead atoms. The fourth-order valence-corrected chi connectivity index (χ4v) is 3.09. The number of rotatable bonds is 6. The number of oxazole rings is 1. The molecular formula is C24H23ClN6O. The van der Waals surface area contributed by atoms with E-state index in [1.54, 1.807) is 0 Å². The number of nitrogens with two attached hydrogens (primary N) is 2. The lowest BCUT2D eigenvalue weighted by molar-refractivity contribution is 0.587. The summed E-state index contributed by atoms with van der Waals surface area (Å²) in [6, 6.07) is 27.5. The van der Waals surface area contributed by atoms with Crippen molar-refractivity contribution in [2.24, 2.45) is 21.6 Å². The van der Waals surface area contributed by atoms with Crippen LogP contribution in [-0.4, -0.2) is 16.7 Å². The number of halogens is 1. The molecule has 0 amide bonds. The van der Waals surface area contributed by atoms with Crippen molar-refractivity contribution in [3.63, 3.8) is 0 Å². The van der Waals surface area contributed by atoms with Crippen molar-refractivity contribution in [3.05, 3.63) is 90.5 Å². The smallest absolute Gasteiger partial charge is 0.316 e. The van der Waals surface area contributed by atoms with Crippen LogP contribution in [0.25, 0.3) is 22.6 Å². The van der Waals surface area contributed by atoms with Crippen LogP contribution in [0.2, 0.25) is 0 Å². The quantitative estimate of drug-likeness (QED) is 0.214. The van der Waals surface area contributed by atoms with Crippen LogP contribution >= 0.6 is 12.4 Å². The Balaban J connectivity index is 0.00000289. The predicted molar refractivity (Wildman–Crippen MR) is 132 cm³/mol. The van der Waals surface area contributed by atoms with E-state index in [1.807, 2.05) is 91.9 Å². The summed E-state index contributed by atoms with van der Waals surface area (Å²) in [5, 5.41) is 4.43. The maximum atomic E-state index is 6.03. The fraction of sp³-hybridized carbons (Fsp3) is 0.0417. The molecule has 1 heterocycles. The highest BCUT2D eigenvalue weighted by Gasteiger charge is 2.16. The average molecular weight is 447 g/mol. The Bertz CT molecular complexity index is 1170. The maximum Gasteiger partial charge on any atom is 0.316 e. The first-order valence-electron chi connectivity index (χ1n) is 9.72. The number of aliphatic imine (C=N–C) groups is 1. The summed E-state index contributed by atoms with van der Waals surface area (Å²) in [7, 11) is 0. The van der Waals surface area contributed by atoms with E-state index in [4.69, 9.17) is 15.9 Å². The van der Waals surface area contributed by atoms with Gasteiger partial charge in [-0.1, -0.05) is 72.8 Å². The highest BCUT2D eigenvalue weighted by atomic mass is 35.5. The molecule has 0 atom stereocenters. The van der Waals surface area contributed by atoms with Gasteiger partial charge in [-0.2, -0.15) is 10.1 Å². The van der Waals surface area contributed by atoms with Crippen molar-refractivity contribution in [1.29, 1.82) is 0 Å². The fourth-order valence-electron chi connectivity index (χ4n) is 3.09. The molecule has 0 fully saturated rings. The normalized spacial score (nSPS) is 10.8. The molecule has 32 heavy (non-hydrogen) atoms. The van der Waals surface area contributed by atoms with Crippen LogP contribution in [0.3, 0.4) is 0 Å². The summed E-state index contributed by atoms with van der Waals surface area (Å²) in [5.74, 6) is 0.684. The molecule has 4 aromatic rings. The van der Waals surface area contributed by atoms with Gasteiger partial charge >= 0.3 is 6.01 Å². The second-order valence-electron chi connectivity index (χ2n) is 6.82. The maximum absolute atomic E-state index is 6.03. The zero-order valence-corrected chi connectivity index (χ0v) is 18.2. The zero-order valence-electron chi connectivity index (χ0n) is 17.4. The van der Waals surface area contributed by atoms with Gasteiger partial charge in [0.25, 0.3) is 0 Å². The molecule has 0 saturated carbocycles. The lowest BCUT2D eigenvalue weighted by Crippen LogP contribution is -2.21. The number of hydrogen-bond acceptors (Lipinski definition) is 5. The van der Waals surface area contributed by atoms with Crippen molar-refractivity contribution in [2.75, 3.05) is 5.43 Å². The highest BCUT2D eigenvalue weighted by Crippen LogP contribution is 2.34. The Hall–Kier alpha value is -4.10. The summed E-state index contributed by atoms with van der Waals surface area (Å²) >= 11 is 0. The van der Waals surface area contributed by atoms with E-state index in [9.17, 15) is 0 Å². The number of nitrogens with one attached hydrogen (secondary N) is 1. The van der Waals surface area contributed by atoms with E-state index in [0.29, 0.717) is 17.5 Å². The summed E-state index contributed by atoms with van der Waals surface area (Å²) in [6.45, 7) is 1.88. The Morgan fingerprint density at radius 1 is 0.875 bits per heavy atom. The first kappa shape index (κ1) is 22.6. The molecule has 4 rings (SSSR count). The van der Waals surface area contributed by atoms with E-state index in [2.05, 4.69) is 20.5 Å². The summed E-state index contributed by atoms with van der Waals surface area (Å²) in [4.78, 5) is 8.71. The first-order chi connectivity index (χ1) is 15.1. The monoisotopic (exact) mass is 446 g/mol. The van der Waals surface area contributed by atoms with Gasteiger partial charge in [0, 0.05) is 11.1 Å². The molecule has 3 aromatic carbocycles. The molecule has 0 radical (unpaired) electrons. The Morgan fingerprint density at radius 3 is 2.19 bits per heavy atom. The zero-order chi connectivity index (χ0) is 21.6. The van der Waals surface area contributed by atoms with E-state index in [1.165, 1.54) is 0 Å². The number of guanidine groups is 1. The average Bonchev–Trinajstić information content (AvgIpc) is 3.23. The van der Waals surface area contributed by atoms with Crippen LogP contribution < -0.4 is 16.9 Å². The molecule has 0 aliphatic carbocycles. The van der Waals surface area contributed by atoms with Crippen LogP contribution in [0.5, 0.6) is 0 Å². The summed E-state index contributed by atoms with van der Waals surface area (Å²) < 4.78 is 6.03. The second-order valence-corrected chi connectivity index (χ2v) is 6.82. The largest absolute Gasteiger partial charge is 0.422 e. The van der Waals surface area contributed by atoms with Crippen molar-refractivity contribution in [2.45, 2.75) is 6.92 Å². The highest BCUT2D eigenvalue weighted by molar-refractivity contribution is 5.99. The number of nitrogens with zero attached hydrogens (tertiary/aromatic N) is 3. The van der Waals surface area contributed by atoms with Crippen LogP contribution in [0, 0.1) is 0 Å². The van der Waals surface area contributed by atoms with Gasteiger partial charge in [-0.15, -0.1) is 12.4 Å². The Kier molecular flexibility index (Phi) is 7.25. The molecule has 0 unspecified atom stereocenters. The van der Waals surface area contributed by atoms with Crippen LogP contribution in [0.15, 0.2) is 99.4 Å². The molecule has 8 heteroatoms. The van der Waals surface area contributed by atoms with Crippen molar-refractivity contribution in [3.8, 4) is 22.6 Å². The van der Waals surface area contributed by atoms with Crippen LogP contribution in [0.1, 0.15) is 12.5 Å². The van der Waals surface area contributed by atoms with Gasteiger partial charge in [0.2, 0.25) is 0 Å². The van der Waals surface area contributed by atoms with Crippen LogP contribution in [0.4, 0.5) is 11.7 Å². The van der Waals surface area contributed by atoms with Gasteiger partial charge in [0.05, 0.1) is 11.4 Å². The number of hydrazone groups is 1. The van der Waals surface area contributed by atoms with Gasteiger partial charge in [-0.05, 0) is 24.6 Å². The lowest BCUT2D eigenvalue weighted by atomic mass is 10.1. The molecule has 0 aliphatic heterocycles. The molecule has 7 nitrogen and oxygen atoms in total. The predicted octanol–water partition coefficient (Wildman–Crippen LogP) is 5.17. The number of benzene rings is 3. The van der Waals surface area contributed by atoms with Crippen molar-refractivity contribution >= 4 is 35.8 Å². The third-order valence-corrected chi connectivity index (χ3v) is 4.55. The molecule has 1 aromatic heterocycles.